The van der Waals surface area contributed by atoms with E-state index in [1.54, 1.807) is 6.08 Å². The standard InChI is InChI=1S/C60H113NO18/c1-3-5-7-9-11-13-15-17-18-19-20-21-22-23-24-26-28-30-32-34-36-38-48(65)61-43(44(64)37-35-33-31-29-27-25-16-14-12-10-8-6-4-2)41-74-58-54(71)52(69)50(67)47(78-58)42-75-59-56(73)53(70)57(46(40-63)77-59)79-60-55(72)51(68)49(66)45(39-62)76-60/h35,37,43-47,49-60,62-64,66-73H,3-34,36,38-42H2,1-2H3,(H,61,65). The summed E-state index contributed by atoms with van der Waals surface area (Å²) in [5, 5.41) is 120. The Morgan fingerprint density at radius 3 is 1.30 bits per heavy atom. The van der Waals surface area contributed by atoms with Crippen LogP contribution in [0.25, 0.3) is 0 Å². The molecule has 79 heavy (non-hydrogen) atoms. The highest BCUT2D eigenvalue weighted by Gasteiger charge is 2.52. The number of hydrogen-bond donors (Lipinski definition) is 12. The van der Waals surface area contributed by atoms with Crippen molar-refractivity contribution in [2.24, 2.45) is 0 Å². The minimum absolute atomic E-state index is 0.249. The van der Waals surface area contributed by atoms with Crippen LogP contribution in [-0.2, 0) is 33.2 Å². The molecule has 3 aliphatic rings. The third-order valence-electron chi connectivity index (χ3n) is 16.1. The topological polar surface area (TPSA) is 307 Å². The lowest BCUT2D eigenvalue weighted by Crippen LogP contribution is -2.65. The molecule has 17 atom stereocenters. The van der Waals surface area contributed by atoms with Gasteiger partial charge in [-0.25, -0.2) is 0 Å². The summed E-state index contributed by atoms with van der Waals surface area (Å²) in [5.41, 5.74) is 0. The molecule has 0 aromatic rings. The molecule has 0 aromatic carbocycles. The van der Waals surface area contributed by atoms with Gasteiger partial charge in [0.25, 0.3) is 0 Å². The highest BCUT2D eigenvalue weighted by atomic mass is 16.8. The van der Waals surface area contributed by atoms with Crippen LogP contribution >= 0.6 is 0 Å². The fourth-order valence-corrected chi connectivity index (χ4v) is 10.8. The number of unbranched alkanes of at least 4 members (excludes halogenated alkanes) is 31. The van der Waals surface area contributed by atoms with Crippen molar-refractivity contribution in [1.82, 2.24) is 5.32 Å². The molecule has 0 saturated carbocycles. The van der Waals surface area contributed by atoms with Crippen LogP contribution in [0.2, 0.25) is 0 Å². The third kappa shape index (κ3) is 28.3. The first-order valence-electron chi connectivity index (χ1n) is 31.4. The van der Waals surface area contributed by atoms with Gasteiger partial charge in [0.05, 0.1) is 38.6 Å². The highest BCUT2D eigenvalue weighted by molar-refractivity contribution is 5.76. The molecule has 3 fully saturated rings. The maximum atomic E-state index is 13.3. The van der Waals surface area contributed by atoms with Gasteiger partial charge in [0.1, 0.15) is 73.2 Å². The number of aliphatic hydroxyl groups excluding tert-OH is 11. The number of rotatable bonds is 47. The van der Waals surface area contributed by atoms with Crippen molar-refractivity contribution in [3.05, 3.63) is 12.2 Å². The van der Waals surface area contributed by atoms with Crippen molar-refractivity contribution in [1.29, 1.82) is 0 Å². The predicted molar refractivity (Wildman–Crippen MR) is 300 cm³/mol. The van der Waals surface area contributed by atoms with Crippen LogP contribution < -0.4 is 5.32 Å². The van der Waals surface area contributed by atoms with Gasteiger partial charge in [0.15, 0.2) is 18.9 Å². The van der Waals surface area contributed by atoms with Crippen LogP contribution in [0.3, 0.4) is 0 Å². The van der Waals surface area contributed by atoms with E-state index in [9.17, 15) is 61.0 Å². The molecule has 0 radical (unpaired) electrons. The molecule has 0 bridgehead atoms. The van der Waals surface area contributed by atoms with Crippen molar-refractivity contribution in [2.75, 3.05) is 26.4 Å². The summed E-state index contributed by atoms with van der Waals surface area (Å²) in [7, 11) is 0. The van der Waals surface area contributed by atoms with Crippen LogP contribution in [0.4, 0.5) is 0 Å². The van der Waals surface area contributed by atoms with Gasteiger partial charge in [-0.05, 0) is 19.3 Å². The van der Waals surface area contributed by atoms with Gasteiger partial charge in [-0.2, -0.15) is 0 Å². The number of aliphatic hydroxyl groups is 11. The Hall–Kier alpha value is -1.47. The van der Waals surface area contributed by atoms with Crippen LogP contribution in [0, 0.1) is 0 Å². The number of carbonyl (C=O) groups excluding carboxylic acids is 1. The first kappa shape index (κ1) is 71.8. The predicted octanol–water partition coefficient (Wildman–Crippen LogP) is 6.16. The summed E-state index contributed by atoms with van der Waals surface area (Å²) in [6.07, 6.45) is 18.1. The lowest BCUT2D eigenvalue weighted by atomic mass is 9.97. The Morgan fingerprint density at radius 2 is 0.835 bits per heavy atom. The lowest BCUT2D eigenvalue weighted by molar-refractivity contribution is -0.364. The summed E-state index contributed by atoms with van der Waals surface area (Å²) in [4.78, 5) is 13.3. The first-order valence-corrected chi connectivity index (χ1v) is 31.4. The second kappa shape index (κ2) is 44.1. The first-order chi connectivity index (χ1) is 38.3. The van der Waals surface area contributed by atoms with Crippen molar-refractivity contribution in [3.8, 4) is 0 Å². The average molecular weight is 1140 g/mol. The zero-order chi connectivity index (χ0) is 57.6. The third-order valence-corrected chi connectivity index (χ3v) is 16.1. The van der Waals surface area contributed by atoms with E-state index in [1.807, 2.05) is 6.08 Å². The van der Waals surface area contributed by atoms with E-state index < -0.39 is 124 Å². The van der Waals surface area contributed by atoms with Crippen LogP contribution in [0.1, 0.15) is 232 Å². The van der Waals surface area contributed by atoms with E-state index in [4.69, 9.17) is 28.4 Å². The van der Waals surface area contributed by atoms with Crippen molar-refractivity contribution < 1.29 is 89.4 Å². The molecule has 17 unspecified atom stereocenters. The molecule has 3 rings (SSSR count). The van der Waals surface area contributed by atoms with Gasteiger partial charge in [0, 0.05) is 6.42 Å². The minimum Gasteiger partial charge on any atom is -0.394 e. The van der Waals surface area contributed by atoms with Crippen LogP contribution in [0.5, 0.6) is 0 Å². The molecule has 19 nitrogen and oxygen atoms in total. The van der Waals surface area contributed by atoms with Gasteiger partial charge in [-0.3, -0.25) is 4.79 Å². The zero-order valence-corrected chi connectivity index (χ0v) is 48.6. The second-order valence-electron chi connectivity index (χ2n) is 22.9. The Morgan fingerprint density at radius 1 is 0.456 bits per heavy atom. The molecule has 3 saturated heterocycles. The van der Waals surface area contributed by atoms with E-state index in [-0.39, 0.29) is 18.9 Å². The molecule has 466 valence electrons. The summed E-state index contributed by atoms with van der Waals surface area (Å²) in [6, 6.07) is -0.966. The molecule has 3 aliphatic heterocycles. The van der Waals surface area contributed by atoms with Gasteiger partial charge in [-0.15, -0.1) is 0 Å². The monoisotopic (exact) mass is 1140 g/mol. The summed E-state index contributed by atoms with van der Waals surface area (Å²) < 4.78 is 34.1. The lowest BCUT2D eigenvalue weighted by Gasteiger charge is -2.46. The second-order valence-corrected chi connectivity index (χ2v) is 22.9. The number of nitrogens with one attached hydrogen (secondary N) is 1. The molecule has 1 amide bonds. The molecule has 19 heteroatoms. The summed E-state index contributed by atoms with van der Waals surface area (Å²) in [5.74, 6) is -0.272. The number of ether oxygens (including phenoxy) is 6. The fourth-order valence-electron chi connectivity index (χ4n) is 10.8. The Bertz CT molecular complexity index is 1500. The Balaban J connectivity index is 1.46. The van der Waals surface area contributed by atoms with Gasteiger partial charge >= 0.3 is 0 Å². The van der Waals surface area contributed by atoms with Crippen LogP contribution in [0.15, 0.2) is 12.2 Å². The molecule has 0 spiro atoms. The highest BCUT2D eigenvalue weighted by Crippen LogP contribution is 2.31. The largest absolute Gasteiger partial charge is 0.394 e. The van der Waals surface area contributed by atoms with Crippen molar-refractivity contribution in [2.45, 2.75) is 336 Å². The van der Waals surface area contributed by atoms with E-state index in [0.29, 0.717) is 6.42 Å². The van der Waals surface area contributed by atoms with Crippen LogP contribution in [-0.4, -0.2) is 193 Å². The van der Waals surface area contributed by atoms with Gasteiger partial charge < -0.3 is 89.9 Å². The van der Waals surface area contributed by atoms with E-state index in [0.717, 1.165) is 44.9 Å². The quantitative estimate of drug-likeness (QED) is 0.0240. The summed E-state index contributed by atoms with van der Waals surface area (Å²) in [6.45, 7) is 1.97. The minimum atomic E-state index is -1.89. The number of carbonyl (C=O) groups is 1. The molecular weight excluding hydrogens is 1020 g/mol. The maximum Gasteiger partial charge on any atom is 0.220 e. The van der Waals surface area contributed by atoms with Gasteiger partial charge in [-0.1, -0.05) is 219 Å². The maximum absolute atomic E-state index is 13.3. The Kier molecular flexibility index (Phi) is 40.1. The van der Waals surface area contributed by atoms with E-state index >= 15 is 0 Å². The number of amides is 1. The molecule has 0 aliphatic carbocycles. The molecular formula is C60H113NO18. The van der Waals surface area contributed by atoms with Crippen molar-refractivity contribution in [3.63, 3.8) is 0 Å². The smallest absolute Gasteiger partial charge is 0.220 e. The number of hydrogen-bond acceptors (Lipinski definition) is 18. The molecule has 12 N–H and O–H groups in total. The van der Waals surface area contributed by atoms with Crippen molar-refractivity contribution >= 4 is 5.91 Å². The fraction of sp³-hybridized carbons (Fsp3) is 0.950. The van der Waals surface area contributed by atoms with E-state index in [1.165, 1.54) is 161 Å². The zero-order valence-electron chi connectivity index (χ0n) is 48.6. The molecule has 3 heterocycles. The normalized spacial score (nSPS) is 30.3. The number of allylic oxidation sites excluding steroid dienone is 1. The summed E-state index contributed by atoms with van der Waals surface area (Å²) >= 11 is 0. The molecule has 0 aromatic heterocycles. The Labute approximate surface area is 474 Å². The van der Waals surface area contributed by atoms with Gasteiger partial charge in [0.2, 0.25) is 5.91 Å². The van der Waals surface area contributed by atoms with E-state index in [2.05, 4.69) is 19.2 Å². The SMILES string of the molecule is CCCCCCCCCCCCCC=CC(O)C(COC1OC(COC2OC(CO)C(OC3OC(CO)C(O)C(O)C3O)C(O)C2O)C(O)C(O)C1O)NC(=O)CCCCCCCCCCCCCCCCCCCCCCC. The average Bonchev–Trinajstić information content (AvgIpc) is 3.49.